The molecule has 30 heavy (non-hydrogen) atoms. The Kier molecular flexibility index (Phi) is 3.98. The molecular formula is C19H15N9O2. The van der Waals surface area contributed by atoms with E-state index in [9.17, 15) is 4.79 Å². The molecule has 0 atom stereocenters. The molecule has 5 rings (SSSR count). The van der Waals surface area contributed by atoms with E-state index in [-0.39, 0.29) is 5.82 Å². The lowest BCUT2D eigenvalue weighted by Crippen LogP contribution is -2.10. The van der Waals surface area contributed by atoms with E-state index in [0.717, 1.165) is 5.69 Å². The molecule has 0 spiro atoms. The lowest BCUT2D eigenvalue weighted by molar-refractivity contribution is 0.209. The molecule has 4 aromatic heterocycles. The Bertz CT molecular complexity index is 1390. The van der Waals surface area contributed by atoms with Gasteiger partial charge in [0.25, 0.3) is 0 Å². The normalized spacial score (nSPS) is 11.2. The molecule has 0 aliphatic heterocycles. The number of rotatable bonds is 4. The minimum absolute atomic E-state index is 0.215. The van der Waals surface area contributed by atoms with E-state index in [1.807, 2.05) is 39.5 Å². The van der Waals surface area contributed by atoms with Gasteiger partial charge in [0.1, 0.15) is 29.0 Å². The summed E-state index contributed by atoms with van der Waals surface area (Å²) < 4.78 is 3.70. The predicted octanol–water partition coefficient (Wildman–Crippen LogP) is 2.28. The molecule has 1 amide bonds. The molecule has 0 radical (unpaired) electrons. The fraction of sp³-hybridized carbons (Fsp3) is 0.0526. The lowest BCUT2D eigenvalue weighted by atomic mass is 10.3. The average molecular weight is 401 g/mol. The van der Waals surface area contributed by atoms with Crippen LogP contribution in [0.15, 0.2) is 55.1 Å². The van der Waals surface area contributed by atoms with Crippen molar-refractivity contribution in [1.29, 1.82) is 0 Å². The standard InChI is InChI=1S/C19H15N9O2/c20-16-15-18(22-9-21-16)27(10-23-15)8-14-24-12-6-7-13(26-19(29)30)25-17(12)28(14)11-4-2-1-3-5-11/h1-7,9-10H,8H2,(H,25,26)(H,29,30)(H2,20,21,22). The van der Waals surface area contributed by atoms with Crippen LogP contribution in [0.1, 0.15) is 5.82 Å². The molecule has 4 heterocycles. The fourth-order valence-corrected chi connectivity index (χ4v) is 3.30. The number of amides is 1. The van der Waals surface area contributed by atoms with Crippen LogP contribution in [-0.2, 0) is 6.54 Å². The molecule has 148 valence electrons. The fourth-order valence-electron chi connectivity index (χ4n) is 3.30. The second-order valence-electron chi connectivity index (χ2n) is 6.47. The molecule has 0 saturated heterocycles. The maximum Gasteiger partial charge on any atom is 0.410 e. The number of para-hydroxylation sites is 1. The van der Waals surface area contributed by atoms with Crippen molar-refractivity contribution >= 4 is 40.1 Å². The number of carboxylic acid groups (broad SMARTS) is 1. The maximum atomic E-state index is 11.0. The summed E-state index contributed by atoms with van der Waals surface area (Å²) in [5.74, 6) is 1.20. The molecule has 4 N–H and O–H groups in total. The molecule has 0 fully saturated rings. The van der Waals surface area contributed by atoms with Crippen molar-refractivity contribution in [2.75, 3.05) is 11.1 Å². The molecule has 11 nitrogen and oxygen atoms in total. The van der Waals surface area contributed by atoms with Crippen LogP contribution in [0.3, 0.4) is 0 Å². The van der Waals surface area contributed by atoms with E-state index in [1.54, 1.807) is 18.5 Å². The van der Waals surface area contributed by atoms with Gasteiger partial charge in [-0.1, -0.05) is 18.2 Å². The third-order valence-electron chi connectivity index (χ3n) is 4.56. The summed E-state index contributed by atoms with van der Waals surface area (Å²) in [6.07, 6.45) is 1.84. The van der Waals surface area contributed by atoms with Crippen LogP contribution in [-0.4, -0.2) is 45.3 Å². The highest BCUT2D eigenvalue weighted by Gasteiger charge is 2.17. The molecule has 0 aliphatic carbocycles. The topological polar surface area (TPSA) is 150 Å². The molecule has 1 aromatic carbocycles. The number of nitrogen functional groups attached to an aromatic ring is 1. The number of hydrogen-bond donors (Lipinski definition) is 3. The first-order valence-electron chi connectivity index (χ1n) is 8.95. The van der Waals surface area contributed by atoms with Crippen LogP contribution in [0.2, 0.25) is 0 Å². The van der Waals surface area contributed by atoms with Crippen molar-refractivity contribution < 1.29 is 9.90 Å². The quantitative estimate of drug-likeness (QED) is 0.415. The van der Waals surface area contributed by atoms with Gasteiger partial charge in [0, 0.05) is 5.69 Å². The summed E-state index contributed by atoms with van der Waals surface area (Å²) in [6.45, 7) is 0.347. The van der Waals surface area contributed by atoms with Crippen LogP contribution in [0, 0.1) is 0 Å². The summed E-state index contributed by atoms with van der Waals surface area (Å²) in [7, 11) is 0. The Morgan fingerprint density at radius 3 is 2.67 bits per heavy atom. The Labute approximate surface area is 168 Å². The molecule has 0 aliphatic rings. The monoisotopic (exact) mass is 401 g/mol. The Balaban J connectivity index is 1.68. The van der Waals surface area contributed by atoms with Gasteiger partial charge in [-0.2, -0.15) is 0 Å². The van der Waals surface area contributed by atoms with Crippen LogP contribution in [0.25, 0.3) is 28.0 Å². The van der Waals surface area contributed by atoms with Gasteiger partial charge in [-0.25, -0.2) is 29.7 Å². The van der Waals surface area contributed by atoms with Crippen LogP contribution < -0.4 is 11.1 Å². The molecular weight excluding hydrogens is 386 g/mol. The van der Waals surface area contributed by atoms with Crippen LogP contribution >= 0.6 is 0 Å². The smallest absolute Gasteiger partial charge is 0.410 e. The van der Waals surface area contributed by atoms with E-state index in [1.165, 1.54) is 6.33 Å². The second-order valence-corrected chi connectivity index (χ2v) is 6.47. The van der Waals surface area contributed by atoms with Crippen molar-refractivity contribution in [3.8, 4) is 5.69 Å². The summed E-state index contributed by atoms with van der Waals surface area (Å²) in [5.41, 5.74) is 9.00. The first-order valence-corrected chi connectivity index (χ1v) is 8.95. The van der Waals surface area contributed by atoms with E-state index < -0.39 is 6.09 Å². The number of aromatic nitrogens is 7. The third kappa shape index (κ3) is 2.94. The summed E-state index contributed by atoms with van der Waals surface area (Å²) >= 11 is 0. The summed E-state index contributed by atoms with van der Waals surface area (Å²) in [4.78, 5) is 32.7. The third-order valence-corrected chi connectivity index (χ3v) is 4.56. The highest BCUT2D eigenvalue weighted by atomic mass is 16.4. The Morgan fingerprint density at radius 1 is 1.03 bits per heavy atom. The van der Waals surface area contributed by atoms with Gasteiger partial charge in [0.2, 0.25) is 0 Å². The number of fused-ring (bicyclic) bond motifs is 2. The van der Waals surface area contributed by atoms with Crippen molar-refractivity contribution in [3.05, 3.63) is 60.9 Å². The number of benzene rings is 1. The van der Waals surface area contributed by atoms with Crippen LogP contribution in [0.4, 0.5) is 16.4 Å². The van der Waals surface area contributed by atoms with Crippen molar-refractivity contribution in [1.82, 2.24) is 34.1 Å². The highest BCUT2D eigenvalue weighted by Crippen LogP contribution is 2.24. The average Bonchev–Trinajstić information content (AvgIpc) is 3.30. The van der Waals surface area contributed by atoms with Gasteiger partial charge in [-0.15, -0.1) is 0 Å². The van der Waals surface area contributed by atoms with E-state index in [0.29, 0.717) is 40.5 Å². The van der Waals surface area contributed by atoms with Gasteiger partial charge in [-0.05, 0) is 24.3 Å². The number of anilines is 2. The zero-order valence-corrected chi connectivity index (χ0v) is 15.5. The largest absolute Gasteiger partial charge is 0.465 e. The zero-order valence-electron chi connectivity index (χ0n) is 15.5. The summed E-state index contributed by atoms with van der Waals surface area (Å²) in [6, 6.07) is 12.9. The van der Waals surface area contributed by atoms with Gasteiger partial charge in [0.15, 0.2) is 17.1 Å². The predicted molar refractivity (Wildman–Crippen MR) is 109 cm³/mol. The Hall–Kier alpha value is -4.54. The van der Waals surface area contributed by atoms with Crippen molar-refractivity contribution in [2.24, 2.45) is 0 Å². The number of nitrogens with one attached hydrogen (secondary N) is 1. The van der Waals surface area contributed by atoms with Crippen molar-refractivity contribution in [2.45, 2.75) is 6.54 Å². The number of imidazole rings is 2. The van der Waals surface area contributed by atoms with Gasteiger partial charge in [-0.3, -0.25) is 9.88 Å². The number of nitrogens with two attached hydrogens (primary N) is 1. The van der Waals surface area contributed by atoms with Gasteiger partial charge in [0.05, 0.1) is 12.9 Å². The second kappa shape index (κ2) is 6.81. The molecule has 0 bridgehead atoms. The zero-order chi connectivity index (χ0) is 20.7. The highest BCUT2D eigenvalue weighted by molar-refractivity contribution is 5.84. The first kappa shape index (κ1) is 17.6. The number of nitrogens with zero attached hydrogens (tertiary/aromatic N) is 7. The minimum Gasteiger partial charge on any atom is -0.465 e. The number of pyridine rings is 1. The molecule has 0 unspecified atom stereocenters. The molecule has 11 heteroatoms. The van der Waals surface area contributed by atoms with E-state index in [2.05, 4.69) is 25.3 Å². The van der Waals surface area contributed by atoms with Gasteiger partial charge >= 0.3 is 6.09 Å². The van der Waals surface area contributed by atoms with E-state index >= 15 is 0 Å². The number of hydrogen-bond acceptors (Lipinski definition) is 7. The number of carbonyl (C=O) groups is 1. The van der Waals surface area contributed by atoms with E-state index in [4.69, 9.17) is 15.8 Å². The maximum absolute atomic E-state index is 11.0. The molecule has 5 aromatic rings. The SMILES string of the molecule is Nc1ncnc2c1ncn2Cc1nc2ccc(NC(=O)O)nc2n1-c1ccccc1. The molecule has 0 saturated carbocycles. The first-order chi connectivity index (χ1) is 14.6. The van der Waals surface area contributed by atoms with Crippen LogP contribution in [0.5, 0.6) is 0 Å². The summed E-state index contributed by atoms with van der Waals surface area (Å²) in [5, 5.41) is 11.3. The Morgan fingerprint density at radius 2 is 1.87 bits per heavy atom. The van der Waals surface area contributed by atoms with Gasteiger partial charge < -0.3 is 15.4 Å². The lowest BCUT2D eigenvalue weighted by Gasteiger charge is -2.10. The minimum atomic E-state index is -1.19. The van der Waals surface area contributed by atoms with Crippen molar-refractivity contribution in [3.63, 3.8) is 0 Å².